The molecule has 1 aromatic rings. The van der Waals surface area contributed by atoms with E-state index in [0.29, 0.717) is 5.56 Å². The minimum Gasteiger partial charge on any atom is -0.467 e. The van der Waals surface area contributed by atoms with Gasteiger partial charge in [0.15, 0.2) is 0 Å². The molecular formula is C20H27N3O6. The monoisotopic (exact) mass is 405 g/mol. The Morgan fingerprint density at radius 1 is 1.14 bits per heavy atom. The first-order chi connectivity index (χ1) is 13.6. The predicted octanol–water partition coefficient (Wildman–Crippen LogP) is 1.08. The van der Waals surface area contributed by atoms with Crippen molar-refractivity contribution in [3.63, 3.8) is 0 Å². The number of carbonyl (C=O) groups is 4. The second-order valence-electron chi connectivity index (χ2n) is 7.71. The van der Waals surface area contributed by atoms with Crippen LogP contribution < -0.4 is 10.6 Å². The molecule has 0 radical (unpaired) electrons. The molecule has 0 aliphatic carbocycles. The number of hydrogen-bond donors (Lipinski definition) is 2. The van der Waals surface area contributed by atoms with Gasteiger partial charge < -0.3 is 25.0 Å². The highest BCUT2D eigenvalue weighted by Crippen LogP contribution is 2.20. The van der Waals surface area contributed by atoms with E-state index >= 15 is 0 Å². The third-order valence-corrected chi connectivity index (χ3v) is 4.25. The first-order valence-electron chi connectivity index (χ1n) is 9.31. The van der Waals surface area contributed by atoms with Gasteiger partial charge >= 0.3 is 12.1 Å². The van der Waals surface area contributed by atoms with E-state index in [4.69, 9.17) is 9.47 Å². The van der Waals surface area contributed by atoms with Crippen LogP contribution in [0.5, 0.6) is 0 Å². The maximum atomic E-state index is 12.6. The number of likely N-dealkylation sites (tertiary alicyclic amines) is 1. The van der Waals surface area contributed by atoms with Crippen molar-refractivity contribution in [3.8, 4) is 0 Å². The first kappa shape index (κ1) is 22.2. The zero-order chi connectivity index (χ0) is 21.6. The van der Waals surface area contributed by atoms with Gasteiger partial charge in [-0.15, -0.1) is 0 Å². The number of ether oxygens (including phenoxy) is 2. The molecule has 0 spiro atoms. The predicted molar refractivity (Wildman–Crippen MR) is 104 cm³/mol. The first-order valence-corrected chi connectivity index (χ1v) is 9.31. The second-order valence-corrected chi connectivity index (χ2v) is 7.71. The van der Waals surface area contributed by atoms with E-state index in [9.17, 15) is 19.2 Å². The minimum absolute atomic E-state index is 0.132. The molecular weight excluding hydrogens is 378 g/mol. The Balaban J connectivity index is 1.99. The summed E-state index contributed by atoms with van der Waals surface area (Å²) in [6.45, 7) is 4.93. The Hall–Kier alpha value is -3.10. The number of rotatable bonds is 5. The van der Waals surface area contributed by atoms with Crippen molar-refractivity contribution >= 4 is 23.9 Å². The number of amides is 3. The van der Waals surface area contributed by atoms with Crippen LogP contribution in [0.1, 0.15) is 37.6 Å². The van der Waals surface area contributed by atoms with Gasteiger partial charge in [0.25, 0.3) is 5.91 Å². The van der Waals surface area contributed by atoms with Crippen molar-refractivity contribution in [3.05, 3.63) is 35.9 Å². The van der Waals surface area contributed by atoms with E-state index < -0.39 is 35.7 Å². The Kier molecular flexibility index (Phi) is 7.19. The fourth-order valence-corrected chi connectivity index (χ4v) is 3.00. The van der Waals surface area contributed by atoms with Gasteiger partial charge in [-0.2, -0.15) is 0 Å². The molecule has 0 saturated carbocycles. The van der Waals surface area contributed by atoms with Gasteiger partial charge in [-0.05, 0) is 32.9 Å². The standard InChI is InChI=1S/C20H27N3O6/c1-20(2,3)29-19(27)21-11-16(24)23-12-14(10-15(23)18(26)28-4)22-17(25)13-8-6-5-7-9-13/h5-9,14-15H,10-12H2,1-4H3,(H,21,27)(H,22,25)/t14-,15?/m1/s1. The topological polar surface area (TPSA) is 114 Å². The van der Waals surface area contributed by atoms with Crippen LogP contribution in [-0.4, -0.2) is 66.7 Å². The molecule has 0 bridgehead atoms. The van der Waals surface area contributed by atoms with Crippen molar-refractivity contribution in [1.82, 2.24) is 15.5 Å². The van der Waals surface area contributed by atoms with E-state index in [0.717, 1.165) is 0 Å². The lowest BCUT2D eigenvalue weighted by Crippen LogP contribution is -2.47. The Morgan fingerprint density at radius 2 is 1.79 bits per heavy atom. The van der Waals surface area contributed by atoms with Crippen LogP contribution in [0.3, 0.4) is 0 Å². The molecule has 9 heteroatoms. The minimum atomic E-state index is -0.839. The van der Waals surface area contributed by atoms with Crippen LogP contribution >= 0.6 is 0 Å². The Labute approximate surface area is 169 Å². The van der Waals surface area contributed by atoms with Crippen molar-refractivity contribution < 1.29 is 28.7 Å². The SMILES string of the molecule is COC(=O)C1C[C@@H](NC(=O)c2ccccc2)CN1C(=O)CNC(=O)OC(C)(C)C. The van der Waals surface area contributed by atoms with E-state index in [1.807, 2.05) is 0 Å². The van der Waals surface area contributed by atoms with Crippen molar-refractivity contribution in [2.75, 3.05) is 20.2 Å². The smallest absolute Gasteiger partial charge is 0.408 e. The molecule has 1 aromatic carbocycles. The Morgan fingerprint density at radius 3 is 2.38 bits per heavy atom. The number of nitrogens with one attached hydrogen (secondary N) is 2. The second kappa shape index (κ2) is 9.40. The summed E-state index contributed by atoms with van der Waals surface area (Å²) in [5.74, 6) is -1.34. The molecule has 3 amide bonds. The summed E-state index contributed by atoms with van der Waals surface area (Å²) < 4.78 is 9.89. The number of methoxy groups -OCH3 is 1. The molecule has 1 aliphatic rings. The van der Waals surface area contributed by atoms with Crippen molar-refractivity contribution in [2.24, 2.45) is 0 Å². The molecule has 2 rings (SSSR count). The van der Waals surface area contributed by atoms with E-state index in [-0.39, 0.29) is 25.4 Å². The van der Waals surface area contributed by atoms with Crippen LogP contribution in [0.25, 0.3) is 0 Å². The lowest BCUT2D eigenvalue weighted by molar-refractivity contribution is -0.150. The van der Waals surface area contributed by atoms with Gasteiger partial charge in [-0.3, -0.25) is 9.59 Å². The van der Waals surface area contributed by atoms with Crippen molar-refractivity contribution in [1.29, 1.82) is 0 Å². The molecule has 1 unspecified atom stereocenters. The zero-order valence-corrected chi connectivity index (χ0v) is 17.1. The number of hydrogen-bond acceptors (Lipinski definition) is 6. The summed E-state index contributed by atoms with van der Waals surface area (Å²) in [7, 11) is 1.24. The largest absolute Gasteiger partial charge is 0.467 e. The van der Waals surface area contributed by atoms with Gasteiger partial charge in [-0.1, -0.05) is 18.2 Å². The molecule has 2 atom stereocenters. The quantitative estimate of drug-likeness (QED) is 0.709. The molecule has 1 fully saturated rings. The average Bonchev–Trinajstić information content (AvgIpc) is 3.08. The van der Waals surface area contributed by atoms with Crippen LogP contribution in [-0.2, 0) is 19.1 Å². The molecule has 1 heterocycles. The number of esters is 1. The van der Waals surface area contributed by atoms with E-state index in [2.05, 4.69) is 10.6 Å². The fraction of sp³-hybridized carbons (Fsp3) is 0.500. The van der Waals surface area contributed by atoms with Gasteiger partial charge in [0.2, 0.25) is 5.91 Å². The highest BCUT2D eigenvalue weighted by Gasteiger charge is 2.40. The number of benzene rings is 1. The van der Waals surface area contributed by atoms with Crippen molar-refractivity contribution in [2.45, 2.75) is 44.9 Å². The summed E-state index contributed by atoms with van der Waals surface area (Å²) >= 11 is 0. The number of nitrogens with zero attached hydrogens (tertiary/aromatic N) is 1. The van der Waals surface area contributed by atoms with Gasteiger partial charge in [0.05, 0.1) is 7.11 Å². The maximum absolute atomic E-state index is 12.6. The zero-order valence-electron chi connectivity index (χ0n) is 17.1. The highest BCUT2D eigenvalue weighted by atomic mass is 16.6. The van der Waals surface area contributed by atoms with E-state index in [1.54, 1.807) is 51.1 Å². The third-order valence-electron chi connectivity index (χ3n) is 4.25. The lowest BCUT2D eigenvalue weighted by Gasteiger charge is -2.23. The summed E-state index contributed by atoms with van der Waals surface area (Å²) in [4.78, 5) is 50.1. The lowest BCUT2D eigenvalue weighted by atomic mass is 10.1. The van der Waals surface area contributed by atoms with Gasteiger partial charge in [0, 0.05) is 24.6 Å². The molecule has 2 N–H and O–H groups in total. The van der Waals surface area contributed by atoms with Gasteiger partial charge in [-0.25, -0.2) is 9.59 Å². The fourth-order valence-electron chi connectivity index (χ4n) is 3.00. The maximum Gasteiger partial charge on any atom is 0.408 e. The number of carbonyl (C=O) groups excluding carboxylic acids is 4. The normalized spacial score (nSPS) is 18.7. The summed E-state index contributed by atoms with van der Waals surface area (Å²) in [5, 5.41) is 5.22. The summed E-state index contributed by atoms with van der Waals surface area (Å²) in [6, 6.07) is 7.40. The van der Waals surface area contributed by atoms with E-state index in [1.165, 1.54) is 12.0 Å². The number of alkyl carbamates (subject to hydrolysis) is 1. The average molecular weight is 405 g/mol. The molecule has 158 valence electrons. The van der Waals surface area contributed by atoms with Crippen LogP contribution in [0.2, 0.25) is 0 Å². The molecule has 1 aliphatic heterocycles. The summed E-state index contributed by atoms with van der Waals surface area (Å²) in [5.41, 5.74) is -0.208. The molecule has 9 nitrogen and oxygen atoms in total. The van der Waals surface area contributed by atoms with Crippen LogP contribution in [0, 0.1) is 0 Å². The third kappa shape index (κ3) is 6.48. The molecule has 1 saturated heterocycles. The van der Waals surface area contributed by atoms with Crippen LogP contribution in [0.15, 0.2) is 30.3 Å². The Bertz CT molecular complexity index is 759. The molecule has 29 heavy (non-hydrogen) atoms. The highest BCUT2D eigenvalue weighted by molar-refractivity contribution is 5.94. The van der Waals surface area contributed by atoms with Gasteiger partial charge in [0.1, 0.15) is 18.2 Å². The summed E-state index contributed by atoms with van der Waals surface area (Å²) in [6.07, 6.45) is -0.503. The molecule has 0 aromatic heterocycles. The van der Waals surface area contributed by atoms with Crippen LogP contribution in [0.4, 0.5) is 4.79 Å².